The Bertz CT molecular complexity index is 761. The molecular weight excluding hydrogens is 331 g/mol. The minimum Gasteiger partial charge on any atom is -0.497 e. The number of nitrogens with zero attached hydrogens (tertiary/aromatic N) is 1. The van der Waals surface area contributed by atoms with E-state index >= 15 is 0 Å². The fraction of sp³-hybridized carbons (Fsp3) is 0.381. The van der Waals surface area contributed by atoms with E-state index in [0.717, 1.165) is 24.2 Å². The van der Waals surface area contributed by atoms with Crippen LogP contribution in [0.15, 0.2) is 48.5 Å². The number of hydrogen-bond acceptors (Lipinski definition) is 2. The molecule has 1 atom stereocenters. The highest BCUT2D eigenvalue weighted by Gasteiger charge is 2.33. The summed E-state index contributed by atoms with van der Waals surface area (Å²) in [7, 11) is 1.64. The number of amides is 2. The van der Waals surface area contributed by atoms with Crippen LogP contribution in [0, 0.1) is 5.82 Å². The minimum atomic E-state index is -0.268. The summed E-state index contributed by atoms with van der Waals surface area (Å²) in [6.07, 6.45) is 2.67. The van der Waals surface area contributed by atoms with Gasteiger partial charge in [0, 0.05) is 17.6 Å². The van der Waals surface area contributed by atoms with Gasteiger partial charge in [0.2, 0.25) is 0 Å². The molecule has 138 valence electrons. The van der Waals surface area contributed by atoms with Gasteiger partial charge in [-0.3, -0.25) is 0 Å². The summed E-state index contributed by atoms with van der Waals surface area (Å²) in [5, 5.41) is 3.05. The Hall–Kier alpha value is -2.56. The molecule has 0 aliphatic heterocycles. The van der Waals surface area contributed by atoms with Gasteiger partial charge in [-0.2, -0.15) is 0 Å². The van der Waals surface area contributed by atoms with Crippen LogP contribution >= 0.6 is 0 Å². The van der Waals surface area contributed by atoms with E-state index in [2.05, 4.69) is 5.32 Å². The Morgan fingerprint density at radius 1 is 1.27 bits per heavy atom. The van der Waals surface area contributed by atoms with Crippen LogP contribution in [0.3, 0.4) is 0 Å². The predicted octanol–water partition coefficient (Wildman–Crippen LogP) is 4.14. The average molecular weight is 356 g/mol. The second-order valence-electron chi connectivity index (χ2n) is 6.86. The number of benzene rings is 2. The molecule has 2 aromatic rings. The summed E-state index contributed by atoms with van der Waals surface area (Å²) in [5.41, 5.74) is 1.65. The van der Waals surface area contributed by atoms with Crippen LogP contribution in [-0.2, 0) is 13.0 Å². The van der Waals surface area contributed by atoms with Gasteiger partial charge in [-0.15, -0.1) is 0 Å². The van der Waals surface area contributed by atoms with Crippen molar-refractivity contribution in [3.05, 3.63) is 65.5 Å². The zero-order valence-corrected chi connectivity index (χ0v) is 15.2. The van der Waals surface area contributed by atoms with Crippen molar-refractivity contribution in [1.29, 1.82) is 0 Å². The highest BCUT2D eigenvalue weighted by atomic mass is 19.1. The molecule has 0 saturated heterocycles. The summed E-state index contributed by atoms with van der Waals surface area (Å²) in [6.45, 7) is 2.28. The molecule has 0 bridgehead atoms. The summed E-state index contributed by atoms with van der Waals surface area (Å²) >= 11 is 0. The number of hydrogen-bond donors (Lipinski definition) is 1. The second kappa shape index (κ2) is 8.21. The van der Waals surface area contributed by atoms with Crippen molar-refractivity contribution in [2.45, 2.75) is 44.8 Å². The number of rotatable bonds is 7. The standard InChI is InChI=1S/C21H25FN2O2/c1-15(12-16-6-5-8-19(13-16)26-2)23-21(25)24(18-10-11-18)14-17-7-3-4-9-20(17)22/h3-9,13,15,18H,10-12,14H2,1-2H3,(H,23,25). The highest BCUT2D eigenvalue weighted by Crippen LogP contribution is 2.29. The summed E-state index contributed by atoms with van der Waals surface area (Å²) in [6, 6.07) is 14.5. The molecule has 1 unspecified atom stereocenters. The largest absolute Gasteiger partial charge is 0.497 e. The van der Waals surface area contributed by atoms with Crippen molar-refractivity contribution in [1.82, 2.24) is 10.2 Å². The predicted molar refractivity (Wildman–Crippen MR) is 99.7 cm³/mol. The van der Waals surface area contributed by atoms with E-state index in [1.165, 1.54) is 6.07 Å². The van der Waals surface area contributed by atoms with Crippen LogP contribution in [0.4, 0.5) is 9.18 Å². The van der Waals surface area contributed by atoms with Crippen LogP contribution < -0.4 is 10.1 Å². The average Bonchev–Trinajstić information content (AvgIpc) is 3.46. The molecule has 26 heavy (non-hydrogen) atoms. The van der Waals surface area contributed by atoms with E-state index < -0.39 is 0 Å². The fourth-order valence-corrected chi connectivity index (χ4v) is 3.06. The Morgan fingerprint density at radius 2 is 2.04 bits per heavy atom. The smallest absolute Gasteiger partial charge is 0.318 e. The number of ether oxygens (including phenoxy) is 1. The summed E-state index contributed by atoms with van der Waals surface area (Å²) in [4.78, 5) is 14.5. The van der Waals surface area contributed by atoms with Gasteiger partial charge in [0.05, 0.1) is 13.7 Å². The molecule has 2 aromatic carbocycles. The molecule has 0 radical (unpaired) electrons. The van der Waals surface area contributed by atoms with Crippen molar-refractivity contribution in [3.8, 4) is 5.75 Å². The Morgan fingerprint density at radius 3 is 2.73 bits per heavy atom. The molecule has 2 amide bonds. The molecule has 3 rings (SSSR count). The maximum Gasteiger partial charge on any atom is 0.318 e. The van der Waals surface area contributed by atoms with Gasteiger partial charge < -0.3 is 15.0 Å². The van der Waals surface area contributed by atoms with Gasteiger partial charge in [-0.25, -0.2) is 9.18 Å². The van der Waals surface area contributed by atoms with Gasteiger partial charge >= 0.3 is 6.03 Å². The molecule has 1 saturated carbocycles. The molecule has 1 fully saturated rings. The van der Waals surface area contributed by atoms with E-state index in [1.807, 2.05) is 31.2 Å². The third kappa shape index (κ3) is 4.75. The zero-order valence-electron chi connectivity index (χ0n) is 15.2. The minimum absolute atomic E-state index is 0.0310. The van der Waals surface area contributed by atoms with Crippen molar-refractivity contribution >= 4 is 6.03 Å². The first kappa shape index (κ1) is 18.2. The van der Waals surface area contributed by atoms with Crippen molar-refractivity contribution in [3.63, 3.8) is 0 Å². The van der Waals surface area contributed by atoms with Crippen LogP contribution in [0.25, 0.3) is 0 Å². The lowest BCUT2D eigenvalue weighted by molar-refractivity contribution is 0.188. The lowest BCUT2D eigenvalue weighted by atomic mass is 10.1. The van der Waals surface area contributed by atoms with Crippen LogP contribution in [0.2, 0.25) is 0 Å². The SMILES string of the molecule is COc1cccc(CC(C)NC(=O)N(Cc2ccccc2F)C2CC2)c1. The number of methoxy groups -OCH3 is 1. The van der Waals surface area contributed by atoms with E-state index in [9.17, 15) is 9.18 Å². The number of carbonyl (C=O) groups is 1. The fourth-order valence-electron chi connectivity index (χ4n) is 3.06. The van der Waals surface area contributed by atoms with E-state index in [1.54, 1.807) is 30.2 Å². The zero-order chi connectivity index (χ0) is 18.5. The topological polar surface area (TPSA) is 41.6 Å². The lowest BCUT2D eigenvalue weighted by Crippen LogP contribution is -2.45. The van der Waals surface area contributed by atoms with Crippen LogP contribution in [0.5, 0.6) is 5.75 Å². The molecule has 1 aliphatic rings. The van der Waals surface area contributed by atoms with Gasteiger partial charge in [-0.05, 0) is 49.9 Å². The third-order valence-electron chi connectivity index (χ3n) is 4.59. The van der Waals surface area contributed by atoms with Crippen molar-refractivity contribution in [2.75, 3.05) is 7.11 Å². The molecule has 0 aromatic heterocycles. The first-order valence-corrected chi connectivity index (χ1v) is 9.00. The van der Waals surface area contributed by atoms with Crippen molar-refractivity contribution in [2.24, 2.45) is 0 Å². The number of urea groups is 1. The summed E-state index contributed by atoms with van der Waals surface area (Å²) < 4.78 is 19.2. The molecular formula is C21H25FN2O2. The van der Waals surface area contributed by atoms with E-state index in [4.69, 9.17) is 4.74 Å². The first-order chi connectivity index (χ1) is 12.6. The quantitative estimate of drug-likeness (QED) is 0.810. The monoisotopic (exact) mass is 356 g/mol. The normalized spacial score (nSPS) is 14.6. The molecule has 0 spiro atoms. The van der Waals surface area contributed by atoms with E-state index in [-0.39, 0.29) is 23.9 Å². The first-order valence-electron chi connectivity index (χ1n) is 9.00. The van der Waals surface area contributed by atoms with Gasteiger partial charge in [0.25, 0.3) is 0 Å². The second-order valence-corrected chi connectivity index (χ2v) is 6.86. The molecule has 1 aliphatic carbocycles. The van der Waals surface area contributed by atoms with Crippen LogP contribution in [-0.4, -0.2) is 30.1 Å². The number of nitrogens with one attached hydrogen (secondary N) is 1. The van der Waals surface area contributed by atoms with Crippen LogP contribution in [0.1, 0.15) is 30.9 Å². The Kier molecular flexibility index (Phi) is 5.76. The van der Waals surface area contributed by atoms with Crippen molar-refractivity contribution < 1.29 is 13.9 Å². The molecule has 0 heterocycles. The Balaban J connectivity index is 1.61. The summed E-state index contributed by atoms with van der Waals surface area (Å²) in [5.74, 6) is 0.538. The number of carbonyl (C=O) groups excluding carboxylic acids is 1. The van der Waals surface area contributed by atoms with Gasteiger partial charge in [0.15, 0.2) is 0 Å². The van der Waals surface area contributed by atoms with Gasteiger partial charge in [0.1, 0.15) is 11.6 Å². The Labute approximate surface area is 154 Å². The third-order valence-corrected chi connectivity index (χ3v) is 4.59. The molecule has 1 N–H and O–H groups in total. The maximum absolute atomic E-state index is 13.9. The van der Waals surface area contributed by atoms with Gasteiger partial charge in [-0.1, -0.05) is 30.3 Å². The molecule has 5 heteroatoms. The maximum atomic E-state index is 13.9. The van der Waals surface area contributed by atoms with E-state index in [0.29, 0.717) is 18.5 Å². The lowest BCUT2D eigenvalue weighted by Gasteiger charge is -2.25. The number of halogens is 1. The molecule has 4 nitrogen and oxygen atoms in total. The highest BCUT2D eigenvalue weighted by molar-refractivity contribution is 5.75.